The topological polar surface area (TPSA) is 21.3 Å². The van der Waals surface area contributed by atoms with Gasteiger partial charge < -0.3 is 10.1 Å². The lowest BCUT2D eigenvalue weighted by Crippen LogP contribution is -2.21. The fourth-order valence-corrected chi connectivity index (χ4v) is 1.48. The molecule has 0 unspecified atom stereocenters. The standard InChI is InChI=1S/C15H25NO/c1-12(2)8-9-17-15-7-5-6-14(10-15)11-16-13(3)4/h5-7,10,12-13,16H,8-9,11H2,1-4H3. The van der Waals surface area contributed by atoms with Crippen LogP contribution in [0.3, 0.4) is 0 Å². The van der Waals surface area contributed by atoms with Gasteiger partial charge in [-0.25, -0.2) is 0 Å². The van der Waals surface area contributed by atoms with Crippen molar-refractivity contribution in [3.05, 3.63) is 29.8 Å². The monoisotopic (exact) mass is 235 g/mol. The Kier molecular flexibility index (Phi) is 6.06. The quantitative estimate of drug-likeness (QED) is 0.779. The smallest absolute Gasteiger partial charge is 0.119 e. The van der Waals surface area contributed by atoms with Crippen LogP contribution in [0.5, 0.6) is 5.75 Å². The van der Waals surface area contributed by atoms with Crippen molar-refractivity contribution in [1.82, 2.24) is 5.32 Å². The summed E-state index contributed by atoms with van der Waals surface area (Å²) in [4.78, 5) is 0. The lowest BCUT2D eigenvalue weighted by molar-refractivity contribution is 0.289. The predicted molar refractivity (Wildman–Crippen MR) is 73.4 cm³/mol. The van der Waals surface area contributed by atoms with Crippen LogP contribution in [0.2, 0.25) is 0 Å². The highest BCUT2D eigenvalue weighted by molar-refractivity contribution is 5.28. The first kappa shape index (κ1) is 14.0. The van der Waals surface area contributed by atoms with Crippen LogP contribution in [-0.2, 0) is 6.54 Å². The second-order valence-electron chi connectivity index (χ2n) is 5.21. The maximum Gasteiger partial charge on any atom is 0.119 e. The van der Waals surface area contributed by atoms with E-state index in [4.69, 9.17) is 4.74 Å². The zero-order chi connectivity index (χ0) is 12.7. The highest BCUT2D eigenvalue weighted by Gasteiger charge is 1.99. The molecule has 0 fully saturated rings. The average Bonchev–Trinajstić information content (AvgIpc) is 2.26. The van der Waals surface area contributed by atoms with Crippen LogP contribution in [0.25, 0.3) is 0 Å². The molecule has 17 heavy (non-hydrogen) atoms. The fourth-order valence-electron chi connectivity index (χ4n) is 1.48. The molecule has 2 nitrogen and oxygen atoms in total. The SMILES string of the molecule is CC(C)CCOc1cccc(CNC(C)C)c1. The van der Waals surface area contributed by atoms with E-state index in [0.717, 1.165) is 25.3 Å². The number of rotatable bonds is 7. The highest BCUT2D eigenvalue weighted by atomic mass is 16.5. The van der Waals surface area contributed by atoms with Crippen LogP contribution in [0.1, 0.15) is 39.7 Å². The van der Waals surface area contributed by atoms with Crippen LogP contribution >= 0.6 is 0 Å². The van der Waals surface area contributed by atoms with E-state index in [1.807, 2.05) is 6.07 Å². The van der Waals surface area contributed by atoms with E-state index in [-0.39, 0.29) is 0 Å². The minimum absolute atomic E-state index is 0.514. The summed E-state index contributed by atoms with van der Waals surface area (Å²) in [7, 11) is 0. The normalized spacial score (nSPS) is 11.2. The Morgan fingerprint density at radius 3 is 2.59 bits per heavy atom. The third-order valence-electron chi connectivity index (χ3n) is 2.58. The molecule has 1 N–H and O–H groups in total. The molecule has 1 aromatic carbocycles. The molecule has 0 atom stereocenters. The van der Waals surface area contributed by atoms with E-state index in [0.29, 0.717) is 12.0 Å². The van der Waals surface area contributed by atoms with Crippen LogP contribution in [0.15, 0.2) is 24.3 Å². The molecule has 0 spiro atoms. The molecule has 0 radical (unpaired) electrons. The molecule has 0 aromatic heterocycles. The van der Waals surface area contributed by atoms with E-state index in [1.54, 1.807) is 0 Å². The fraction of sp³-hybridized carbons (Fsp3) is 0.600. The second-order valence-corrected chi connectivity index (χ2v) is 5.21. The van der Waals surface area contributed by atoms with Gasteiger partial charge in [-0.15, -0.1) is 0 Å². The van der Waals surface area contributed by atoms with Gasteiger partial charge in [0.1, 0.15) is 5.75 Å². The third-order valence-corrected chi connectivity index (χ3v) is 2.58. The molecule has 1 rings (SSSR count). The second kappa shape index (κ2) is 7.33. The summed E-state index contributed by atoms with van der Waals surface area (Å²) in [5, 5.41) is 3.41. The summed E-state index contributed by atoms with van der Waals surface area (Å²) in [6, 6.07) is 8.85. The van der Waals surface area contributed by atoms with E-state index in [1.165, 1.54) is 5.56 Å². The first-order valence-electron chi connectivity index (χ1n) is 6.53. The van der Waals surface area contributed by atoms with Crippen molar-refractivity contribution in [3.63, 3.8) is 0 Å². The van der Waals surface area contributed by atoms with Gasteiger partial charge in [-0.05, 0) is 30.0 Å². The maximum absolute atomic E-state index is 5.74. The van der Waals surface area contributed by atoms with Crippen LogP contribution in [-0.4, -0.2) is 12.6 Å². The summed E-state index contributed by atoms with van der Waals surface area (Å²) >= 11 is 0. The molecule has 0 aliphatic heterocycles. The Morgan fingerprint density at radius 2 is 1.94 bits per heavy atom. The molecule has 1 aromatic rings. The number of benzene rings is 1. The van der Waals surface area contributed by atoms with Crippen molar-refractivity contribution in [2.75, 3.05) is 6.61 Å². The largest absolute Gasteiger partial charge is 0.494 e. The Hall–Kier alpha value is -1.02. The molecule has 2 heteroatoms. The predicted octanol–water partition coefficient (Wildman–Crippen LogP) is 3.61. The summed E-state index contributed by atoms with van der Waals surface area (Å²) in [6.45, 7) is 10.4. The summed E-state index contributed by atoms with van der Waals surface area (Å²) < 4.78 is 5.74. The van der Waals surface area contributed by atoms with Crippen LogP contribution in [0, 0.1) is 5.92 Å². The lowest BCUT2D eigenvalue weighted by Gasteiger charge is -2.11. The summed E-state index contributed by atoms with van der Waals surface area (Å²) in [6.07, 6.45) is 1.11. The molecule has 0 aliphatic carbocycles. The van der Waals surface area contributed by atoms with Gasteiger partial charge in [0.15, 0.2) is 0 Å². The molecule has 96 valence electrons. The number of ether oxygens (including phenoxy) is 1. The molecule has 0 saturated heterocycles. The Morgan fingerprint density at radius 1 is 1.18 bits per heavy atom. The minimum atomic E-state index is 0.514. The maximum atomic E-state index is 5.74. The zero-order valence-electron chi connectivity index (χ0n) is 11.5. The Bertz CT molecular complexity index is 320. The van der Waals surface area contributed by atoms with Gasteiger partial charge in [0.25, 0.3) is 0 Å². The Labute approximate surface area is 105 Å². The highest BCUT2D eigenvalue weighted by Crippen LogP contribution is 2.14. The number of nitrogens with one attached hydrogen (secondary N) is 1. The van der Waals surface area contributed by atoms with E-state index < -0.39 is 0 Å². The van der Waals surface area contributed by atoms with E-state index >= 15 is 0 Å². The number of hydrogen-bond donors (Lipinski definition) is 1. The molecule has 0 heterocycles. The van der Waals surface area contributed by atoms with Crippen molar-refractivity contribution >= 4 is 0 Å². The molecule has 0 amide bonds. The van der Waals surface area contributed by atoms with Gasteiger partial charge in [-0.2, -0.15) is 0 Å². The van der Waals surface area contributed by atoms with E-state index in [9.17, 15) is 0 Å². The molecule has 0 saturated carbocycles. The van der Waals surface area contributed by atoms with Crippen LogP contribution in [0.4, 0.5) is 0 Å². The zero-order valence-corrected chi connectivity index (χ0v) is 11.5. The first-order valence-corrected chi connectivity index (χ1v) is 6.53. The van der Waals surface area contributed by atoms with Crippen molar-refractivity contribution in [2.45, 2.75) is 46.7 Å². The van der Waals surface area contributed by atoms with Crippen molar-refractivity contribution < 1.29 is 4.74 Å². The minimum Gasteiger partial charge on any atom is -0.494 e. The van der Waals surface area contributed by atoms with Crippen molar-refractivity contribution in [3.8, 4) is 5.75 Å². The van der Waals surface area contributed by atoms with E-state index in [2.05, 4.69) is 51.2 Å². The summed E-state index contributed by atoms with van der Waals surface area (Å²) in [5.74, 6) is 1.68. The van der Waals surface area contributed by atoms with Gasteiger partial charge in [-0.3, -0.25) is 0 Å². The van der Waals surface area contributed by atoms with Gasteiger partial charge in [0, 0.05) is 12.6 Å². The first-order chi connectivity index (χ1) is 8.08. The molecular weight excluding hydrogens is 210 g/mol. The van der Waals surface area contributed by atoms with Gasteiger partial charge in [0.2, 0.25) is 0 Å². The lowest BCUT2D eigenvalue weighted by atomic mass is 10.1. The third kappa shape index (κ3) is 6.32. The van der Waals surface area contributed by atoms with Gasteiger partial charge >= 0.3 is 0 Å². The van der Waals surface area contributed by atoms with Crippen LogP contribution < -0.4 is 10.1 Å². The molecule has 0 aliphatic rings. The van der Waals surface area contributed by atoms with Crippen molar-refractivity contribution in [1.29, 1.82) is 0 Å². The van der Waals surface area contributed by atoms with Crippen molar-refractivity contribution in [2.24, 2.45) is 5.92 Å². The summed E-state index contributed by atoms with van der Waals surface area (Å²) in [5.41, 5.74) is 1.28. The van der Waals surface area contributed by atoms with Gasteiger partial charge in [-0.1, -0.05) is 39.8 Å². The average molecular weight is 235 g/mol. The Balaban J connectivity index is 2.42. The number of hydrogen-bond acceptors (Lipinski definition) is 2. The molecule has 0 bridgehead atoms. The van der Waals surface area contributed by atoms with Gasteiger partial charge in [0.05, 0.1) is 6.61 Å². The molecular formula is C15H25NO.